The average Bonchev–Trinajstić information content (AvgIpc) is 3.22. The Labute approximate surface area is 192 Å². The molecule has 0 spiro atoms. The van der Waals surface area contributed by atoms with E-state index >= 15 is 0 Å². The third-order valence-electron chi connectivity index (χ3n) is 6.57. The van der Waals surface area contributed by atoms with E-state index in [0.717, 1.165) is 30.2 Å². The second kappa shape index (κ2) is 8.39. The van der Waals surface area contributed by atoms with Gasteiger partial charge in [0.2, 0.25) is 5.95 Å². The van der Waals surface area contributed by atoms with Crippen molar-refractivity contribution in [2.75, 3.05) is 11.4 Å². The van der Waals surface area contributed by atoms with Gasteiger partial charge in [0.25, 0.3) is 5.56 Å². The molecule has 1 aliphatic heterocycles. The molecule has 0 unspecified atom stereocenters. The van der Waals surface area contributed by atoms with Crippen LogP contribution in [0.25, 0.3) is 11.2 Å². The molecular weight excluding hydrogens is 414 g/mol. The number of aryl methyl sites for hydroxylation is 3. The zero-order valence-electron chi connectivity index (χ0n) is 19.4. The van der Waals surface area contributed by atoms with Crippen LogP contribution in [0.1, 0.15) is 25.0 Å². The summed E-state index contributed by atoms with van der Waals surface area (Å²) < 4.78 is 4.86. The largest absolute Gasteiger partial charge is 0.332 e. The van der Waals surface area contributed by atoms with Gasteiger partial charge in [-0.1, -0.05) is 56.3 Å². The third-order valence-corrected chi connectivity index (χ3v) is 6.57. The fraction of sp³-hybridized carbons (Fsp3) is 0.346. The molecule has 1 atom stereocenters. The lowest BCUT2D eigenvalue weighted by Gasteiger charge is -2.33. The molecule has 7 nitrogen and oxygen atoms in total. The summed E-state index contributed by atoms with van der Waals surface area (Å²) in [6, 6.07) is 18.4. The number of hydrogen-bond acceptors (Lipinski definition) is 4. The van der Waals surface area contributed by atoms with E-state index in [0.29, 0.717) is 36.6 Å². The lowest BCUT2D eigenvalue weighted by atomic mass is 10.1. The molecule has 4 aromatic rings. The number of benzene rings is 2. The quantitative estimate of drug-likeness (QED) is 0.474. The van der Waals surface area contributed by atoms with Crippen molar-refractivity contribution in [2.24, 2.45) is 13.0 Å². The van der Waals surface area contributed by atoms with Gasteiger partial charge in [-0.25, -0.2) is 4.79 Å². The van der Waals surface area contributed by atoms with E-state index in [1.54, 1.807) is 7.05 Å². The zero-order chi connectivity index (χ0) is 23.1. The second-order valence-electron chi connectivity index (χ2n) is 8.96. The van der Waals surface area contributed by atoms with Crippen LogP contribution < -0.4 is 16.1 Å². The fourth-order valence-electron chi connectivity index (χ4n) is 4.72. The summed E-state index contributed by atoms with van der Waals surface area (Å²) in [7, 11) is 1.70. The first-order valence-corrected chi connectivity index (χ1v) is 11.6. The number of imidazole rings is 1. The summed E-state index contributed by atoms with van der Waals surface area (Å²) in [5.41, 5.74) is 3.77. The zero-order valence-corrected chi connectivity index (χ0v) is 19.4. The van der Waals surface area contributed by atoms with Crippen LogP contribution in [0.2, 0.25) is 0 Å². The molecule has 2 aromatic carbocycles. The van der Waals surface area contributed by atoms with Gasteiger partial charge in [0.1, 0.15) is 0 Å². The second-order valence-corrected chi connectivity index (χ2v) is 8.96. The van der Waals surface area contributed by atoms with Crippen LogP contribution in [0.15, 0.2) is 64.2 Å². The highest BCUT2D eigenvalue weighted by Crippen LogP contribution is 2.32. The van der Waals surface area contributed by atoms with Gasteiger partial charge in [0, 0.05) is 32.4 Å². The van der Waals surface area contributed by atoms with Gasteiger partial charge in [-0.2, -0.15) is 4.98 Å². The Morgan fingerprint density at radius 2 is 1.70 bits per heavy atom. The molecule has 0 aliphatic carbocycles. The van der Waals surface area contributed by atoms with Gasteiger partial charge in [0.15, 0.2) is 11.2 Å². The van der Waals surface area contributed by atoms with Crippen LogP contribution in [-0.2, 0) is 33.0 Å². The first-order valence-electron chi connectivity index (χ1n) is 11.6. The maximum Gasteiger partial charge on any atom is 0.332 e. The third kappa shape index (κ3) is 3.67. The Bertz CT molecular complexity index is 1410. The van der Waals surface area contributed by atoms with Crippen molar-refractivity contribution in [3.05, 3.63) is 86.6 Å². The molecule has 0 saturated heterocycles. The molecule has 7 heteroatoms. The van der Waals surface area contributed by atoms with E-state index < -0.39 is 0 Å². The Hall–Kier alpha value is -3.61. The van der Waals surface area contributed by atoms with E-state index in [4.69, 9.17) is 4.98 Å². The first kappa shape index (κ1) is 21.2. The molecule has 0 N–H and O–H groups in total. The predicted molar refractivity (Wildman–Crippen MR) is 131 cm³/mol. The highest BCUT2D eigenvalue weighted by atomic mass is 16.2. The Morgan fingerprint density at radius 3 is 2.39 bits per heavy atom. The topological polar surface area (TPSA) is 65.1 Å². The number of aromatic nitrogens is 4. The van der Waals surface area contributed by atoms with Gasteiger partial charge >= 0.3 is 5.69 Å². The van der Waals surface area contributed by atoms with Gasteiger partial charge < -0.3 is 9.47 Å². The summed E-state index contributed by atoms with van der Waals surface area (Å²) in [4.78, 5) is 33.6. The predicted octanol–water partition coefficient (Wildman–Crippen LogP) is 3.49. The number of anilines is 2. The number of hydrogen-bond donors (Lipinski definition) is 0. The maximum atomic E-state index is 13.6. The van der Waals surface area contributed by atoms with Gasteiger partial charge in [-0.15, -0.1) is 0 Å². The minimum absolute atomic E-state index is 0.266. The lowest BCUT2D eigenvalue weighted by Crippen LogP contribution is -2.40. The SMILES string of the molecule is CCc1ccc(N2C[C@@H](C)Cn3c2nc2c3c(=O)n(CCc3ccccc3)c(=O)n2C)cc1. The normalized spacial score (nSPS) is 15.7. The Kier molecular flexibility index (Phi) is 5.40. The molecule has 0 bridgehead atoms. The standard InChI is InChI=1S/C26H29N5O2/c1-4-19-10-12-21(13-11-19)30-16-18(2)17-31-22-23(27-25(30)31)28(3)26(33)29(24(22)32)15-14-20-8-6-5-7-9-20/h5-13,18H,4,14-17H2,1-3H3/t18-/m1/s1. The van der Waals surface area contributed by atoms with Crippen molar-refractivity contribution in [1.29, 1.82) is 0 Å². The van der Waals surface area contributed by atoms with Crippen molar-refractivity contribution in [3.8, 4) is 0 Å². The van der Waals surface area contributed by atoms with Crippen molar-refractivity contribution in [2.45, 2.75) is 39.8 Å². The van der Waals surface area contributed by atoms with Crippen molar-refractivity contribution in [3.63, 3.8) is 0 Å². The van der Waals surface area contributed by atoms with Crippen molar-refractivity contribution in [1.82, 2.24) is 18.7 Å². The molecule has 0 amide bonds. The van der Waals surface area contributed by atoms with Crippen molar-refractivity contribution < 1.29 is 0 Å². The molecule has 3 heterocycles. The van der Waals surface area contributed by atoms with Crippen LogP contribution in [0.4, 0.5) is 11.6 Å². The smallest absolute Gasteiger partial charge is 0.312 e. The first-order chi connectivity index (χ1) is 16.0. The van der Waals surface area contributed by atoms with E-state index in [1.165, 1.54) is 14.7 Å². The minimum atomic E-state index is -0.328. The summed E-state index contributed by atoms with van der Waals surface area (Å²) in [5, 5.41) is 0. The molecule has 0 radical (unpaired) electrons. The maximum absolute atomic E-state index is 13.6. The Morgan fingerprint density at radius 1 is 0.970 bits per heavy atom. The average molecular weight is 444 g/mol. The van der Waals surface area contributed by atoms with Crippen LogP contribution in [-0.4, -0.2) is 25.2 Å². The summed E-state index contributed by atoms with van der Waals surface area (Å²) in [6.07, 6.45) is 1.61. The van der Waals surface area contributed by atoms with Gasteiger partial charge in [0.05, 0.1) is 0 Å². The molecule has 0 fully saturated rings. The Balaban J connectivity index is 1.63. The minimum Gasteiger partial charge on any atom is -0.312 e. The van der Waals surface area contributed by atoms with E-state index in [9.17, 15) is 9.59 Å². The summed E-state index contributed by atoms with van der Waals surface area (Å²) in [5.74, 6) is 1.05. The van der Waals surface area contributed by atoms with Crippen LogP contribution >= 0.6 is 0 Å². The van der Waals surface area contributed by atoms with E-state index in [2.05, 4.69) is 43.0 Å². The number of fused-ring (bicyclic) bond motifs is 3. The molecule has 33 heavy (non-hydrogen) atoms. The van der Waals surface area contributed by atoms with E-state index in [1.807, 2.05) is 34.9 Å². The van der Waals surface area contributed by atoms with Crippen LogP contribution in [0.3, 0.4) is 0 Å². The van der Waals surface area contributed by atoms with Gasteiger partial charge in [-0.05, 0) is 42.0 Å². The molecule has 2 aromatic heterocycles. The highest BCUT2D eigenvalue weighted by molar-refractivity contribution is 5.77. The fourth-order valence-corrected chi connectivity index (χ4v) is 4.72. The molecule has 0 saturated carbocycles. The van der Waals surface area contributed by atoms with E-state index in [-0.39, 0.29) is 11.2 Å². The van der Waals surface area contributed by atoms with Crippen LogP contribution in [0.5, 0.6) is 0 Å². The van der Waals surface area contributed by atoms with Gasteiger partial charge in [-0.3, -0.25) is 13.9 Å². The molecule has 1 aliphatic rings. The van der Waals surface area contributed by atoms with Crippen LogP contribution in [0, 0.1) is 5.92 Å². The summed E-state index contributed by atoms with van der Waals surface area (Å²) in [6.45, 7) is 6.16. The molecular formula is C26H29N5O2. The number of nitrogens with zero attached hydrogens (tertiary/aromatic N) is 5. The summed E-state index contributed by atoms with van der Waals surface area (Å²) >= 11 is 0. The lowest BCUT2D eigenvalue weighted by molar-refractivity contribution is 0.457. The molecule has 5 rings (SSSR count). The van der Waals surface area contributed by atoms with Crippen molar-refractivity contribution >= 4 is 22.8 Å². The highest BCUT2D eigenvalue weighted by Gasteiger charge is 2.29. The number of rotatable bonds is 5. The monoisotopic (exact) mass is 443 g/mol. The molecule has 170 valence electrons.